The molecule has 0 radical (unpaired) electrons. The van der Waals surface area contributed by atoms with Crippen LogP contribution in [0.1, 0.15) is 23.1 Å². The molecule has 0 saturated carbocycles. The average molecular weight is 252 g/mol. The molecule has 0 unspecified atom stereocenters. The van der Waals surface area contributed by atoms with Crippen LogP contribution in [-0.4, -0.2) is 10.1 Å². The fourth-order valence-electron chi connectivity index (χ4n) is 1.04. The summed E-state index contributed by atoms with van der Waals surface area (Å²) in [6.07, 6.45) is -0.0391. The Balaban J connectivity index is 3.19. The molecule has 1 N–H and O–H groups in total. The van der Waals surface area contributed by atoms with E-state index in [1.165, 1.54) is 6.20 Å². The predicted octanol–water partition coefficient (Wildman–Crippen LogP) is 2.41. The smallest absolute Gasteiger partial charge is 0.265 e. The lowest BCUT2D eigenvalue weighted by atomic mass is 10.1. The fourth-order valence-corrected chi connectivity index (χ4v) is 1.53. The molecule has 72 valence electrons. The third-order valence-electron chi connectivity index (χ3n) is 1.72. The van der Waals surface area contributed by atoms with E-state index in [1.807, 2.05) is 0 Å². The van der Waals surface area contributed by atoms with Gasteiger partial charge in [-0.1, -0.05) is 15.9 Å². The van der Waals surface area contributed by atoms with E-state index in [2.05, 4.69) is 20.9 Å². The Morgan fingerprint density at radius 3 is 2.62 bits per heavy atom. The number of rotatable bonds is 3. The van der Waals surface area contributed by atoms with Gasteiger partial charge in [-0.15, -0.1) is 0 Å². The van der Waals surface area contributed by atoms with Gasteiger partial charge in [-0.3, -0.25) is 4.98 Å². The molecule has 5 heteroatoms. The van der Waals surface area contributed by atoms with Crippen molar-refractivity contribution in [3.05, 3.63) is 29.1 Å². The highest BCUT2D eigenvalue weighted by Gasteiger charge is 2.15. The Kier molecular flexibility index (Phi) is 3.74. The van der Waals surface area contributed by atoms with Crippen LogP contribution < -0.4 is 0 Å². The molecule has 0 aliphatic rings. The molecular formula is C8H8BrF2NO. The van der Waals surface area contributed by atoms with Crippen LogP contribution in [0.5, 0.6) is 0 Å². The van der Waals surface area contributed by atoms with Gasteiger partial charge in [0.15, 0.2) is 0 Å². The van der Waals surface area contributed by atoms with Crippen LogP contribution in [0.25, 0.3) is 0 Å². The molecule has 13 heavy (non-hydrogen) atoms. The maximum Gasteiger partial charge on any atom is 0.265 e. The number of hydrogen-bond acceptors (Lipinski definition) is 2. The number of nitrogens with zero attached hydrogens (tertiary/aromatic N) is 1. The first-order chi connectivity index (χ1) is 6.20. The van der Waals surface area contributed by atoms with E-state index in [0.717, 1.165) is 6.20 Å². The topological polar surface area (TPSA) is 33.1 Å². The second kappa shape index (κ2) is 4.62. The molecule has 1 aromatic heterocycles. The van der Waals surface area contributed by atoms with Gasteiger partial charge in [0.2, 0.25) is 0 Å². The number of pyridine rings is 1. The minimum absolute atomic E-state index is 0.195. The van der Waals surface area contributed by atoms with E-state index < -0.39 is 6.43 Å². The van der Waals surface area contributed by atoms with E-state index >= 15 is 0 Å². The molecule has 1 aromatic rings. The van der Waals surface area contributed by atoms with Crippen molar-refractivity contribution in [1.29, 1.82) is 0 Å². The molecule has 0 aromatic carbocycles. The number of alkyl halides is 3. The van der Waals surface area contributed by atoms with Gasteiger partial charge >= 0.3 is 0 Å². The zero-order valence-corrected chi connectivity index (χ0v) is 8.26. The summed E-state index contributed by atoms with van der Waals surface area (Å²) in [5, 5.41) is 9.31. The van der Waals surface area contributed by atoms with Gasteiger partial charge < -0.3 is 5.11 Å². The van der Waals surface area contributed by atoms with Gasteiger partial charge in [0.25, 0.3) is 6.43 Å². The van der Waals surface area contributed by atoms with Crippen molar-refractivity contribution in [2.75, 3.05) is 0 Å². The molecule has 1 heterocycles. The quantitative estimate of drug-likeness (QED) is 0.838. The Bertz CT molecular complexity index is 293. The van der Waals surface area contributed by atoms with Crippen molar-refractivity contribution in [2.24, 2.45) is 0 Å². The molecule has 0 amide bonds. The lowest BCUT2D eigenvalue weighted by Gasteiger charge is -2.09. The van der Waals surface area contributed by atoms with Gasteiger partial charge in [-0.2, -0.15) is 0 Å². The molecule has 0 fully saturated rings. The third kappa shape index (κ3) is 2.22. The highest BCUT2D eigenvalue weighted by molar-refractivity contribution is 9.08. The zero-order chi connectivity index (χ0) is 9.84. The van der Waals surface area contributed by atoms with Crippen molar-refractivity contribution >= 4 is 15.9 Å². The van der Waals surface area contributed by atoms with Crippen molar-refractivity contribution < 1.29 is 13.9 Å². The first kappa shape index (κ1) is 10.5. The second-order valence-electron chi connectivity index (χ2n) is 2.46. The number of aromatic nitrogens is 1. The van der Waals surface area contributed by atoms with Gasteiger partial charge in [0, 0.05) is 23.3 Å². The van der Waals surface area contributed by atoms with Crippen LogP contribution in [0.15, 0.2) is 12.4 Å². The lowest BCUT2D eigenvalue weighted by Crippen LogP contribution is -2.00. The summed E-state index contributed by atoms with van der Waals surface area (Å²) in [7, 11) is 0. The molecule has 1 rings (SSSR count). The standard InChI is InChI=1S/C8H8BrF2NO/c9-1-5-2-12-3-6(8(10)11)7(5)4-13/h2-3,8,13H,1,4H2. The maximum absolute atomic E-state index is 12.4. The summed E-state index contributed by atoms with van der Waals surface area (Å²) in [4.78, 5) is 3.66. The predicted molar refractivity (Wildman–Crippen MR) is 47.7 cm³/mol. The summed E-state index contributed by atoms with van der Waals surface area (Å²) in [6.45, 7) is -0.386. The molecule has 0 bridgehead atoms. The van der Waals surface area contributed by atoms with Crippen LogP contribution >= 0.6 is 15.9 Å². The third-order valence-corrected chi connectivity index (χ3v) is 2.32. The van der Waals surface area contributed by atoms with E-state index in [-0.39, 0.29) is 17.7 Å². The molecule has 0 atom stereocenters. The summed E-state index contributed by atoms with van der Waals surface area (Å²) in [5.74, 6) is 0. The van der Waals surface area contributed by atoms with Crippen molar-refractivity contribution in [2.45, 2.75) is 18.4 Å². The number of hydrogen-bond donors (Lipinski definition) is 1. The minimum atomic E-state index is -2.59. The van der Waals surface area contributed by atoms with Crippen LogP contribution in [0, 0.1) is 0 Å². The van der Waals surface area contributed by atoms with Crippen LogP contribution in [0.2, 0.25) is 0 Å². The Labute approximate surface area is 82.7 Å². The Morgan fingerprint density at radius 2 is 2.15 bits per heavy atom. The highest BCUT2D eigenvalue weighted by atomic mass is 79.9. The molecule has 0 spiro atoms. The normalized spacial score (nSPS) is 10.8. The van der Waals surface area contributed by atoms with E-state index in [9.17, 15) is 8.78 Å². The van der Waals surface area contributed by atoms with E-state index in [1.54, 1.807) is 0 Å². The minimum Gasteiger partial charge on any atom is -0.392 e. The van der Waals surface area contributed by atoms with Gasteiger partial charge in [-0.25, -0.2) is 8.78 Å². The van der Waals surface area contributed by atoms with Crippen molar-refractivity contribution in [1.82, 2.24) is 4.98 Å². The molecule has 0 aliphatic carbocycles. The monoisotopic (exact) mass is 251 g/mol. The van der Waals surface area contributed by atoms with Gasteiger partial charge in [-0.05, 0) is 11.1 Å². The molecule has 0 aliphatic heterocycles. The largest absolute Gasteiger partial charge is 0.392 e. The summed E-state index contributed by atoms with van der Waals surface area (Å²) >= 11 is 3.14. The highest BCUT2D eigenvalue weighted by Crippen LogP contribution is 2.25. The molecule has 0 saturated heterocycles. The van der Waals surface area contributed by atoms with E-state index in [4.69, 9.17) is 5.11 Å². The van der Waals surface area contributed by atoms with Gasteiger partial charge in [0.05, 0.1) is 6.61 Å². The molecule has 2 nitrogen and oxygen atoms in total. The molecular weight excluding hydrogens is 244 g/mol. The fraction of sp³-hybridized carbons (Fsp3) is 0.375. The van der Waals surface area contributed by atoms with Crippen LogP contribution in [-0.2, 0) is 11.9 Å². The van der Waals surface area contributed by atoms with Crippen LogP contribution in [0.4, 0.5) is 8.78 Å². The zero-order valence-electron chi connectivity index (χ0n) is 6.67. The first-order valence-corrected chi connectivity index (χ1v) is 4.73. The SMILES string of the molecule is OCc1c(CBr)cncc1C(F)F. The summed E-state index contributed by atoms with van der Waals surface area (Å²) in [6, 6.07) is 0. The van der Waals surface area contributed by atoms with Crippen molar-refractivity contribution in [3.8, 4) is 0 Å². The first-order valence-electron chi connectivity index (χ1n) is 3.61. The van der Waals surface area contributed by atoms with Gasteiger partial charge in [0.1, 0.15) is 0 Å². The van der Waals surface area contributed by atoms with Crippen LogP contribution in [0.3, 0.4) is 0 Å². The number of halogens is 3. The average Bonchev–Trinajstić information content (AvgIpc) is 2.16. The number of aliphatic hydroxyl groups excluding tert-OH is 1. The maximum atomic E-state index is 12.4. The van der Waals surface area contributed by atoms with Crippen molar-refractivity contribution in [3.63, 3.8) is 0 Å². The summed E-state index contributed by atoms with van der Waals surface area (Å²) in [5.41, 5.74) is 0.668. The number of aliphatic hydroxyl groups is 1. The summed E-state index contributed by atoms with van der Waals surface area (Å²) < 4.78 is 24.7. The Morgan fingerprint density at radius 1 is 1.46 bits per heavy atom. The van der Waals surface area contributed by atoms with E-state index in [0.29, 0.717) is 10.9 Å². The Hall–Kier alpha value is -0.550. The second-order valence-corrected chi connectivity index (χ2v) is 3.02. The lowest BCUT2D eigenvalue weighted by molar-refractivity contribution is 0.146.